The van der Waals surface area contributed by atoms with Gasteiger partial charge < -0.3 is 10.1 Å². The largest absolute Gasteiger partial charge is 0.378 e. The number of hydrogen-bond donors (Lipinski definition) is 2. The first kappa shape index (κ1) is 11.6. The molecule has 3 rings (SSSR count). The molecule has 1 aromatic rings. The molecule has 0 aromatic carbocycles. The van der Waals surface area contributed by atoms with Gasteiger partial charge in [-0.15, -0.1) is 5.10 Å². The number of ether oxygens (including phenoxy) is 1. The number of carbonyl (C=O) groups is 1. The highest BCUT2D eigenvalue weighted by atomic mass is 16.5. The molecule has 2 unspecified atom stereocenters. The van der Waals surface area contributed by atoms with Crippen molar-refractivity contribution in [3.8, 4) is 0 Å². The standard InChI is InChI=1S/C12H18N4O2/c1-7-9(4-5-18-7)6-13-12(17)11-14-10(15-16-11)8-2-3-8/h7-9H,2-6H2,1H3,(H,13,17)(H,14,15,16). The summed E-state index contributed by atoms with van der Waals surface area (Å²) in [5.74, 6) is 1.79. The number of rotatable bonds is 4. The molecular weight excluding hydrogens is 232 g/mol. The molecule has 1 saturated heterocycles. The third-order valence-electron chi connectivity index (χ3n) is 3.73. The lowest BCUT2D eigenvalue weighted by Gasteiger charge is -2.13. The maximum absolute atomic E-state index is 11.9. The second-order valence-electron chi connectivity index (χ2n) is 5.15. The third-order valence-corrected chi connectivity index (χ3v) is 3.73. The van der Waals surface area contributed by atoms with Crippen LogP contribution in [0.2, 0.25) is 0 Å². The second-order valence-corrected chi connectivity index (χ2v) is 5.15. The van der Waals surface area contributed by atoms with Crippen LogP contribution in [0.1, 0.15) is 48.5 Å². The molecule has 1 amide bonds. The molecule has 2 N–H and O–H groups in total. The van der Waals surface area contributed by atoms with E-state index in [1.54, 1.807) is 0 Å². The fourth-order valence-electron chi connectivity index (χ4n) is 2.26. The molecule has 6 heteroatoms. The summed E-state index contributed by atoms with van der Waals surface area (Å²) in [6.07, 6.45) is 3.52. The molecule has 1 aliphatic heterocycles. The second kappa shape index (κ2) is 4.68. The predicted molar refractivity (Wildman–Crippen MR) is 64.2 cm³/mol. The summed E-state index contributed by atoms with van der Waals surface area (Å²) in [6.45, 7) is 3.46. The van der Waals surface area contributed by atoms with E-state index in [0.717, 1.165) is 31.7 Å². The van der Waals surface area contributed by atoms with Gasteiger partial charge in [0.2, 0.25) is 5.82 Å². The van der Waals surface area contributed by atoms with E-state index in [1.807, 2.05) is 6.92 Å². The van der Waals surface area contributed by atoms with Crippen molar-refractivity contribution in [1.29, 1.82) is 0 Å². The molecule has 2 aliphatic rings. The molecular formula is C12H18N4O2. The van der Waals surface area contributed by atoms with Crippen molar-refractivity contribution in [1.82, 2.24) is 20.5 Å². The lowest BCUT2D eigenvalue weighted by Crippen LogP contribution is -2.32. The van der Waals surface area contributed by atoms with E-state index in [2.05, 4.69) is 20.5 Å². The van der Waals surface area contributed by atoms with Crippen molar-refractivity contribution in [2.24, 2.45) is 5.92 Å². The van der Waals surface area contributed by atoms with Gasteiger partial charge in [-0.25, -0.2) is 4.98 Å². The molecule has 18 heavy (non-hydrogen) atoms. The van der Waals surface area contributed by atoms with Gasteiger partial charge in [0.05, 0.1) is 6.10 Å². The smallest absolute Gasteiger partial charge is 0.290 e. The fraction of sp³-hybridized carbons (Fsp3) is 0.750. The van der Waals surface area contributed by atoms with Gasteiger partial charge in [0.25, 0.3) is 5.91 Å². The molecule has 1 aromatic heterocycles. The first-order valence-electron chi connectivity index (χ1n) is 6.56. The normalized spacial score (nSPS) is 27.4. The Hall–Kier alpha value is -1.43. The zero-order valence-corrected chi connectivity index (χ0v) is 10.5. The van der Waals surface area contributed by atoms with E-state index in [4.69, 9.17) is 4.74 Å². The van der Waals surface area contributed by atoms with Gasteiger partial charge >= 0.3 is 0 Å². The van der Waals surface area contributed by atoms with Crippen LogP contribution in [0.3, 0.4) is 0 Å². The number of aromatic amines is 1. The molecule has 2 fully saturated rings. The van der Waals surface area contributed by atoms with Crippen molar-refractivity contribution in [3.63, 3.8) is 0 Å². The van der Waals surface area contributed by atoms with Crippen molar-refractivity contribution in [2.75, 3.05) is 13.2 Å². The zero-order chi connectivity index (χ0) is 12.5. The molecule has 0 bridgehead atoms. The summed E-state index contributed by atoms with van der Waals surface area (Å²) in [4.78, 5) is 16.1. The Morgan fingerprint density at radius 3 is 3.00 bits per heavy atom. The van der Waals surface area contributed by atoms with Crippen molar-refractivity contribution in [2.45, 2.75) is 38.2 Å². The predicted octanol–water partition coefficient (Wildman–Crippen LogP) is 0.837. The van der Waals surface area contributed by atoms with Crippen LogP contribution >= 0.6 is 0 Å². The minimum Gasteiger partial charge on any atom is -0.378 e. The van der Waals surface area contributed by atoms with Gasteiger partial charge in [-0.2, -0.15) is 0 Å². The minimum atomic E-state index is -0.197. The van der Waals surface area contributed by atoms with Gasteiger partial charge in [0.1, 0.15) is 5.82 Å². The number of amides is 1. The summed E-state index contributed by atoms with van der Waals surface area (Å²) < 4.78 is 5.46. The molecule has 0 radical (unpaired) electrons. The highest BCUT2D eigenvalue weighted by molar-refractivity contribution is 5.90. The summed E-state index contributed by atoms with van der Waals surface area (Å²) in [6, 6.07) is 0. The minimum absolute atomic E-state index is 0.197. The number of nitrogens with zero attached hydrogens (tertiary/aromatic N) is 2. The first-order valence-corrected chi connectivity index (χ1v) is 6.56. The van der Waals surface area contributed by atoms with Crippen LogP contribution in [0.15, 0.2) is 0 Å². The zero-order valence-electron chi connectivity index (χ0n) is 10.5. The quantitative estimate of drug-likeness (QED) is 0.829. The van der Waals surface area contributed by atoms with Crippen molar-refractivity contribution >= 4 is 5.91 Å². The van der Waals surface area contributed by atoms with Crippen LogP contribution in [-0.2, 0) is 4.74 Å². The van der Waals surface area contributed by atoms with E-state index in [1.165, 1.54) is 0 Å². The van der Waals surface area contributed by atoms with Crippen LogP contribution < -0.4 is 5.32 Å². The van der Waals surface area contributed by atoms with Gasteiger partial charge in [0, 0.05) is 25.0 Å². The summed E-state index contributed by atoms with van der Waals surface area (Å²) >= 11 is 0. The average Bonchev–Trinajstić information content (AvgIpc) is 2.95. The van der Waals surface area contributed by atoms with Crippen LogP contribution in [0.4, 0.5) is 0 Å². The number of H-pyrrole nitrogens is 1. The Balaban J connectivity index is 1.53. The Bertz CT molecular complexity index is 441. The third kappa shape index (κ3) is 2.38. The molecule has 2 atom stereocenters. The molecule has 0 spiro atoms. The fourth-order valence-corrected chi connectivity index (χ4v) is 2.26. The monoisotopic (exact) mass is 250 g/mol. The highest BCUT2D eigenvalue weighted by Gasteiger charge is 2.29. The van der Waals surface area contributed by atoms with E-state index >= 15 is 0 Å². The Morgan fingerprint density at radius 2 is 2.33 bits per heavy atom. The van der Waals surface area contributed by atoms with E-state index in [-0.39, 0.29) is 17.8 Å². The molecule has 1 saturated carbocycles. The maximum atomic E-state index is 11.9. The average molecular weight is 250 g/mol. The number of aromatic nitrogens is 3. The Labute approximate surface area is 106 Å². The summed E-state index contributed by atoms with van der Waals surface area (Å²) in [5, 5.41) is 9.68. The van der Waals surface area contributed by atoms with Crippen molar-refractivity contribution < 1.29 is 9.53 Å². The van der Waals surface area contributed by atoms with Gasteiger partial charge in [-0.05, 0) is 26.2 Å². The van der Waals surface area contributed by atoms with E-state index in [9.17, 15) is 4.79 Å². The molecule has 1 aliphatic carbocycles. The van der Waals surface area contributed by atoms with E-state index < -0.39 is 0 Å². The van der Waals surface area contributed by atoms with Crippen LogP contribution in [0, 0.1) is 5.92 Å². The summed E-state index contributed by atoms with van der Waals surface area (Å²) in [5.41, 5.74) is 0. The topological polar surface area (TPSA) is 79.9 Å². The van der Waals surface area contributed by atoms with Crippen molar-refractivity contribution in [3.05, 3.63) is 11.6 Å². The molecule has 98 valence electrons. The number of carbonyl (C=O) groups excluding carboxylic acids is 1. The Morgan fingerprint density at radius 1 is 1.50 bits per heavy atom. The number of hydrogen-bond acceptors (Lipinski definition) is 4. The first-order chi connectivity index (χ1) is 8.74. The van der Waals surface area contributed by atoms with Crippen LogP contribution in [-0.4, -0.2) is 40.3 Å². The van der Waals surface area contributed by atoms with Crippen LogP contribution in [0.5, 0.6) is 0 Å². The van der Waals surface area contributed by atoms with Gasteiger partial charge in [-0.3, -0.25) is 9.89 Å². The SMILES string of the molecule is CC1OCCC1CNC(=O)c1n[nH]c(C2CC2)n1. The maximum Gasteiger partial charge on any atom is 0.290 e. The molecule has 2 heterocycles. The van der Waals surface area contributed by atoms with Gasteiger partial charge in [-0.1, -0.05) is 0 Å². The van der Waals surface area contributed by atoms with Gasteiger partial charge in [0.15, 0.2) is 0 Å². The van der Waals surface area contributed by atoms with E-state index in [0.29, 0.717) is 18.4 Å². The lowest BCUT2D eigenvalue weighted by atomic mass is 10.0. The molecule has 6 nitrogen and oxygen atoms in total. The number of nitrogens with one attached hydrogen (secondary N) is 2. The summed E-state index contributed by atoms with van der Waals surface area (Å²) in [7, 11) is 0. The van der Waals surface area contributed by atoms with Crippen LogP contribution in [0.25, 0.3) is 0 Å². The highest BCUT2D eigenvalue weighted by Crippen LogP contribution is 2.37. The Kier molecular flexibility index (Phi) is 3.03. The lowest BCUT2D eigenvalue weighted by molar-refractivity contribution is 0.0899.